The molecule has 0 aliphatic rings. The molecule has 0 aliphatic carbocycles. The molecule has 0 saturated heterocycles. The number of pyridine rings is 1. The second-order valence-electron chi connectivity index (χ2n) is 10.4. The summed E-state index contributed by atoms with van der Waals surface area (Å²) in [5.41, 5.74) is 1.93. The minimum Gasteiger partial charge on any atom is -0.483 e. The number of nitrogens with one attached hydrogen (secondary N) is 1. The molecule has 0 unspecified atom stereocenters. The first-order valence-corrected chi connectivity index (χ1v) is 15.3. The Hall–Kier alpha value is -3.49. The van der Waals surface area contributed by atoms with Gasteiger partial charge in [-0.3, -0.25) is 14.4 Å². The number of nitrogens with zero attached hydrogens (tertiary/aromatic N) is 1. The van der Waals surface area contributed by atoms with Crippen LogP contribution in [0.1, 0.15) is 99.2 Å². The fourth-order valence-electron chi connectivity index (χ4n) is 4.31. The van der Waals surface area contributed by atoms with Crippen LogP contribution in [0.5, 0.6) is 5.75 Å². The average Bonchev–Trinajstić information content (AvgIpc) is 2.99. The molecular weight excluding hydrogens is 544 g/mol. The average molecular weight is 597 g/mol. The quantitative estimate of drug-likeness (QED) is 0.0946. The Morgan fingerprint density at radius 2 is 1.67 bits per heavy atom. The predicted molar refractivity (Wildman–Crippen MR) is 174 cm³/mol. The summed E-state index contributed by atoms with van der Waals surface area (Å²) < 4.78 is 18.1. The van der Waals surface area contributed by atoms with Gasteiger partial charge in [-0.05, 0) is 70.9 Å². The maximum absolute atomic E-state index is 13.6. The van der Waals surface area contributed by atoms with Crippen LogP contribution in [0.25, 0.3) is 0 Å². The van der Waals surface area contributed by atoms with E-state index in [9.17, 15) is 14.4 Å². The molecule has 43 heavy (non-hydrogen) atoms. The number of ether oxygens (including phenoxy) is 3. The third kappa shape index (κ3) is 13.1. The fourth-order valence-corrected chi connectivity index (χ4v) is 4.31. The summed E-state index contributed by atoms with van der Waals surface area (Å²) in [5.74, 6) is -0.901. The molecule has 2 rings (SSSR count). The largest absolute Gasteiger partial charge is 0.483 e. The van der Waals surface area contributed by atoms with E-state index in [1.165, 1.54) is 31.5 Å². The highest BCUT2D eigenvalue weighted by Gasteiger charge is 2.26. The Labute approximate surface area is 258 Å². The Morgan fingerprint density at radius 1 is 1.00 bits per heavy atom. The smallest absolute Gasteiger partial charge is 0.257 e. The number of ketones is 1. The van der Waals surface area contributed by atoms with Crippen LogP contribution in [0, 0.1) is 0 Å². The number of unbranched alkanes of at least 4 members (excludes halogenated alkanes) is 1. The first-order chi connectivity index (χ1) is 20.7. The number of allylic oxidation sites excluding steroid dienone is 3. The van der Waals surface area contributed by atoms with E-state index in [0.717, 1.165) is 25.7 Å². The van der Waals surface area contributed by atoms with Crippen LogP contribution in [0.3, 0.4) is 0 Å². The summed E-state index contributed by atoms with van der Waals surface area (Å²) >= 11 is 0. The minimum absolute atomic E-state index is 0.0903. The number of carbonyl (C=O) groups is 2. The third-order valence-electron chi connectivity index (χ3n) is 6.59. The molecule has 0 fully saturated rings. The van der Waals surface area contributed by atoms with Crippen molar-refractivity contribution in [2.75, 3.05) is 20.8 Å². The van der Waals surface area contributed by atoms with Crippen LogP contribution in [-0.4, -0.2) is 49.4 Å². The number of methoxy groups -OCH3 is 2. The van der Waals surface area contributed by atoms with Gasteiger partial charge in [0.05, 0.1) is 6.54 Å². The van der Waals surface area contributed by atoms with Crippen molar-refractivity contribution in [1.82, 2.24) is 9.88 Å². The Balaban J connectivity index is 0.00000170. The Bertz CT molecular complexity index is 1240. The van der Waals surface area contributed by atoms with Crippen LogP contribution in [-0.2, 0) is 28.9 Å². The molecule has 0 bridgehead atoms. The summed E-state index contributed by atoms with van der Waals surface area (Å²) in [4.78, 5) is 39.9. The number of aromatic nitrogens is 1. The molecule has 0 saturated carbocycles. The number of benzene rings is 1. The number of Topliss-reactive ketones (excluding diaryl/α,β-unsaturated/α-hetero) is 1. The summed E-state index contributed by atoms with van der Waals surface area (Å²) in [6.45, 7) is 11.9. The van der Waals surface area contributed by atoms with E-state index in [1.807, 2.05) is 27.7 Å². The minimum atomic E-state index is -0.695. The van der Waals surface area contributed by atoms with Crippen LogP contribution in [0.15, 0.2) is 59.6 Å². The van der Waals surface area contributed by atoms with Crippen LogP contribution < -0.4 is 15.5 Å². The van der Waals surface area contributed by atoms with Crippen molar-refractivity contribution < 1.29 is 23.8 Å². The van der Waals surface area contributed by atoms with Crippen LogP contribution in [0.2, 0.25) is 0 Å². The number of carbonyl (C=O) groups excluding carboxylic acids is 2. The van der Waals surface area contributed by atoms with Gasteiger partial charge < -0.3 is 24.1 Å². The molecule has 1 aromatic carbocycles. The number of rotatable bonds is 17. The molecular formula is C35H52N2O6. The summed E-state index contributed by atoms with van der Waals surface area (Å²) in [7, 11) is 2.98. The molecule has 1 N–H and O–H groups in total. The van der Waals surface area contributed by atoms with Crippen molar-refractivity contribution in [2.45, 2.75) is 98.9 Å². The van der Waals surface area contributed by atoms with Gasteiger partial charge in [0, 0.05) is 32.9 Å². The zero-order chi connectivity index (χ0) is 32.2. The molecule has 1 aromatic heterocycles. The van der Waals surface area contributed by atoms with Crippen molar-refractivity contribution in [1.29, 1.82) is 0 Å². The van der Waals surface area contributed by atoms with Gasteiger partial charge in [-0.25, -0.2) is 0 Å². The molecule has 238 valence electrons. The van der Waals surface area contributed by atoms with Crippen molar-refractivity contribution in [3.05, 3.63) is 87.4 Å². The van der Waals surface area contributed by atoms with Crippen molar-refractivity contribution >= 4 is 11.7 Å². The van der Waals surface area contributed by atoms with Gasteiger partial charge in [0.2, 0.25) is 5.43 Å². The van der Waals surface area contributed by atoms with Gasteiger partial charge in [0.15, 0.2) is 17.8 Å². The molecule has 0 atom stereocenters. The number of aryl methyl sites for hydroxylation is 2. The highest BCUT2D eigenvalue weighted by atomic mass is 16.7. The van der Waals surface area contributed by atoms with Crippen LogP contribution >= 0.6 is 0 Å². The zero-order valence-electron chi connectivity index (χ0n) is 27.4. The van der Waals surface area contributed by atoms with E-state index in [-0.39, 0.29) is 48.4 Å². The number of hydrogen-bond acceptors (Lipinski definition) is 6. The van der Waals surface area contributed by atoms with E-state index in [2.05, 4.69) is 55.6 Å². The number of hydrogen-bond donors (Lipinski definition) is 1. The van der Waals surface area contributed by atoms with E-state index in [1.54, 1.807) is 16.7 Å². The molecule has 0 radical (unpaired) electrons. The fraction of sp³-hybridized carbons (Fsp3) is 0.514. The van der Waals surface area contributed by atoms with Crippen molar-refractivity contribution in [3.8, 4) is 5.75 Å². The first kappa shape index (κ1) is 37.5. The topological polar surface area (TPSA) is 95.9 Å². The van der Waals surface area contributed by atoms with Crippen molar-refractivity contribution in [2.24, 2.45) is 0 Å². The highest BCUT2D eigenvalue weighted by molar-refractivity contribution is 5.99. The SMILES string of the molecule is C/C=C/COc1c(C(=O)CCCCc2cccc(CC)c2)n(CC(OC)OC)cc(C(=O)NC(C)C)c1=O.C/C=C\CC. The monoisotopic (exact) mass is 596 g/mol. The van der Waals surface area contributed by atoms with Crippen molar-refractivity contribution in [3.63, 3.8) is 0 Å². The normalized spacial score (nSPS) is 11.3. The molecule has 0 aliphatic heterocycles. The van der Waals surface area contributed by atoms with E-state index in [0.29, 0.717) is 6.42 Å². The lowest BCUT2D eigenvalue weighted by Crippen LogP contribution is -2.36. The summed E-state index contributed by atoms with van der Waals surface area (Å²) in [5, 5.41) is 2.75. The molecule has 1 heterocycles. The molecule has 0 spiro atoms. The lowest BCUT2D eigenvalue weighted by atomic mass is 10.0. The van der Waals surface area contributed by atoms with Crippen LogP contribution in [0.4, 0.5) is 0 Å². The van der Waals surface area contributed by atoms with Gasteiger partial charge in [0.1, 0.15) is 17.9 Å². The lowest BCUT2D eigenvalue weighted by molar-refractivity contribution is -0.111. The van der Waals surface area contributed by atoms with Gasteiger partial charge >= 0.3 is 0 Å². The number of amides is 1. The summed E-state index contributed by atoms with van der Waals surface area (Å²) in [6, 6.07) is 8.30. The maximum atomic E-state index is 13.6. The molecule has 8 heteroatoms. The molecule has 1 amide bonds. The third-order valence-corrected chi connectivity index (χ3v) is 6.59. The van der Waals surface area contributed by atoms with E-state index in [4.69, 9.17) is 14.2 Å². The Morgan fingerprint density at radius 3 is 2.23 bits per heavy atom. The molecule has 8 nitrogen and oxygen atoms in total. The van der Waals surface area contributed by atoms with Gasteiger partial charge in [-0.1, -0.05) is 62.4 Å². The van der Waals surface area contributed by atoms with E-state index >= 15 is 0 Å². The highest BCUT2D eigenvalue weighted by Crippen LogP contribution is 2.21. The van der Waals surface area contributed by atoms with Gasteiger partial charge in [0.25, 0.3) is 5.91 Å². The standard InChI is InChI=1S/C30H42N2O6.C5H10/c1-7-9-17-38-29-27(25(33)16-11-10-13-23-15-12-14-22(8-2)18-23)32(20-26(36-5)37-6)19-24(28(29)34)30(35)31-21(3)4;1-3-5-4-2/h7,9,12,14-15,18-19,21,26H,8,10-11,13,16-17,20H2,1-6H3,(H,31,35);3,5H,4H2,1-2H3/b9-7+;5-3-. The second kappa shape index (κ2) is 21.2. The first-order valence-electron chi connectivity index (χ1n) is 15.3. The van der Waals surface area contributed by atoms with Gasteiger partial charge in [-0.2, -0.15) is 0 Å². The molecule has 2 aromatic rings. The van der Waals surface area contributed by atoms with E-state index < -0.39 is 17.6 Å². The van der Waals surface area contributed by atoms with Gasteiger partial charge in [-0.15, -0.1) is 0 Å². The second-order valence-corrected chi connectivity index (χ2v) is 10.4. The summed E-state index contributed by atoms with van der Waals surface area (Å²) in [6.07, 6.45) is 13.1. The lowest BCUT2D eigenvalue weighted by Gasteiger charge is -2.22. The Kier molecular flexibility index (Phi) is 18.5. The predicted octanol–water partition coefficient (Wildman–Crippen LogP) is 6.69. The zero-order valence-corrected chi connectivity index (χ0v) is 27.4. The maximum Gasteiger partial charge on any atom is 0.257 e.